The molecule has 6 nitrogen and oxygen atoms in total. The summed E-state index contributed by atoms with van der Waals surface area (Å²) < 4.78 is 5.58. The van der Waals surface area contributed by atoms with Gasteiger partial charge in [-0.3, -0.25) is 14.9 Å². The Morgan fingerprint density at radius 2 is 2.17 bits per heavy atom. The summed E-state index contributed by atoms with van der Waals surface area (Å²) in [6.45, 7) is 9.42. The van der Waals surface area contributed by atoms with Crippen LogP contribution in [0.5, 0.6) is 0 Å². The van der Waals surface area contributed by atoms with E-state index in [2.05, 4.69) is 28.8 Å². The van der Waals surface area contributed by atoms with Gasteiger partial charge in [-0.05, 0) is 54.0 Å². The van der Waals surface area contributed by atoms with Crippen molar-refractivity contribution in [2.24, 2.45) is 0 Å². The van der Waals surface area contributed by atoms with Crippen LogP contribution >= 0.6 is 0 Å². The maximum Gasteiger partial charge on any atom is 0.410 e. The van der Waals surface area contributed by atoms with Gasteiger partial charge in [0.2, 0.25) is 0 Å². The van der Waals surface area contributed by atoms with E-state index in [0.717, 1.165) is 38.0 Å². The number of nitrogens with zero attached hydrogens (tertiary/aromatic N) is 4. The molecule has 2 rings (SSSR count). The largest absolute Gasteiger partial charge is 0.444 e. The molecule has 0 unspecified atom stereocenters. The van der Waals surface area contributed by atoms with Crippen LogP contribution in [0.2, 0.25) is 0 Å². The van der Waals surface area contributed by atoms with Crippen molar-refractivity contribution < 1.29 is 9.53 Å². The van der Waals surface area contributed by atoms with Gasteiger partial charge in [-0.1, -0.05) is 0 Å². The standard InChI is InChI=1S/C18H30N4O2/c1-14(16-12-19-9-10-20-16)21(5)13-15-8-6-7-11-22(15)17(23)24-18(2,3)4/h9-10,12,14-15H,6-8,11,13H2,1-5H3/t14-,15-/m1/s1. The van der Waals surface area contributed by atoms with Crippen molar-refractivity contribution in [3.8, 4) is 0 Å². The second-order valence-corrected chi connectivity index (χ2v) is 7.57. The minimum Gasteiger partial charge on any atom is -0.444 e. The summed E-state index contributed by atoms with van der Waals surface area (Å²) >= 11 is 0. The number of carbonyl (C=O) groups is 1. The highest BCUT2D eigenvalue weighted by Crippen LogP contribution is 2.23. The number of aromatic nitrogens is 2. The van der Waals surface area contributed by atoms with Gasteiger partial charge in [0.05, 0.1) is 11.7 Å². The molecule has 1 aliphatic rings. The number of piperidine rings is 1. The molecule has 6 heteroatoms. The molecule has 24 heavy (non-hydrogen) atoms. The minimum absolute atomic E-state index is 0.154. The van der Waals surface area contributed by atoms with Gasteiger partial charge in [0.25, 0.3) is 0 Å². The second kappa shape index (κ2) is 7.92. The Hall–Kier alpha value is -1.69. The molecule has 0 aliphatic carbocycles. The van der Waals surface area contributed by atoms with Crippen LogP contribution < -0.4 is 0 Å². The Labute approximate surface area is 145 Å². The highest BCUT2D eigenvalue weighted by atomic mass is 16.6. The molecule has 0 radical (unpaired) electrons. The average molecular weight is 334 g/mol. The van der Waals surface area contributed by atoms with Crippen LogP contribution in [0.3, 0.4) is 0 Å². The molecule has 2 heterocycles. The number of hydrogen-bond acceptors (Lipinski definition) is 5. The molecule has 0 spiro atoms. The Morgan fingerprint density at radius 1 is 1.42 bits per heavy atom. The second-order valence-electron chi connectivity index (χ2n) is 7.57. The van der Waals surface area contributed by atoms with E-state index in [0.29, 0.717) is 0 Å². The number of carbonyl (C=O) groups excluding carboxylic acids is 1. The van der Waals surface area contributed by atoms with Crippen molar-refractivity contribution in [3.63, 3.8) is 0 Å². The van der Waals surface area contributed by atoms with Crippen LogP contribution in [0.25, 0.3) is 0 Å². The van der Waals surface area contributed by atoms with E-state index in [-0.39, 0.29) is 18.2 Å². The van der Waals surface area contributed by atoms with E-state index in [9.17, 15) is 4.79 Å². The summed E-state index contributed by atoms with van der Waals surface area (Å²) in [5.74, 6) is 0. The number of rotatable bonds is 4. The van der Waals surface area contributed by atoms with Crippen LogP contribution in [0, 0.1) is 0 Å². The van der Waals surface area contributed by atoms with Gasteiger partial charge >= 0.3 is 6.09 Å². The number of likely N-dealkylation sites (tertiary alicyclic amines) is 1. The van der Waals surface area contributed by atoms with E-state index in [1.807, 2.05) is 25.7 Å². The Kier molecular flexibility index (Phi) is 6.15. The van der Waals surface area contributed by atoms with Crippen molar-refractivity contribution in [3.05, 3.63) is 24.3 Å². The molecule has 1 saturated heterocycles. The van der Waals surface area contributed by atoms with Crippen LogP contribution in [-0.2, 0) is 4.74 Å². The summed E-state index contributed by atoms with van der Waals surface area (Å²) in [7, 11) is 2.07. The normalized spacial score (nSPS) is 20.1. The molecule has 1 fully saturated rings. The smallest absolute Gasteiger partial charge is 0.410 e. The zero-order chi connectivity index (χ0) is 17.7. The van der Waals surface area contributed by atoms with E-state index < -0.39 is 5.60 Å². The summed E-state index contributed by atoms with van der Waals surface area (Å²) in [6, 6.07) is 0.332. The third-order valence-corrected chi connectivity index (χ3v) is 4.43. The Balaban J connectivity index is 2.01. The topological polar surface area (TPSA) is 58.6 Å². The van der Waals surface area contributed by atoms with Gasteiger partial charge in [0.1, 0.15) is 5.60 Å². The third-order valence-electron chi connectivity index (χ3n) is 4.43. The quantitative estimate of drug-likeness (QED) is 0.846. The van der Waals surface area contributed by atoms with Gasteiger partial charge in [-0.15, -0.1) is 0 Å². The van der Waals surface area contributed by atoms with Crippen molar-refractivity contribution in [2.45, 2.75) is 64.6 Å². The summed E-state index contributed by atoms with van der Waals surface area (Å²) in [6.07, 6.45) is 8.20. The molecule has 0 saturated carbocycles. The lowest BCUT2D eigenvalue weighted by Crippen LogP contribution is -2.50. The first kappa shape index (κ1) is 18.6. The predicted molar refractivity (Wildman–Crippen MR) is 93.7 cm³/mol. The molecule has 0 N–H and O–H groups in total. The number of hydrogen-bond donors (Lipinski definition) is 0. The first-order valence-corrected chi connectivity index (χ1v) is 8.73. The van der Waals surface area contributed by atoms with Gasteiger partial charge in [-0.2, -0.15) is 0 Å². The maximum atomic E-state index is 12.5. The molecule has 2 atom stereocenters. The highest BCUT2D eigenvalue weighted by molar-refractivity contribution is 5.68. The first-order chi connectivity index (χ1) is 11.3. The molecule has 1 aromatic heterocycles. The van der Waals surface area contributed by atoms with Crippen LogP contribution in [0.1, 0.15) is 58.7 Å². The van der Waals surface area contributed by atoms with E-state index >= 15 is 0 Å². The minimum atomic E-state index is -0.460. The molecule has 0 bridgehead atoms. The van der Waals surface area contributed by atoms with Crippen LogP contribution in [0.15, 0.2) is 18.6 Å². The van der Waals surface area contributed by atoms with E-state index in [1.54, 1.807) is 18.6 Å². The summed E-state index contributed by atoms with van der Waals surface area (Å²) in [5, 5.41) is 0. The molecular weight excluding hydrogens is 304 g/mol. The zero-order valence-electron chi connectivity index (χ0n) is 15.5. The molecular formula is C18H30N4O2. The van der Waals surface area contributed by atoms with E-state index in [4.69, 9.17) is 4.74 Å². The van der Waals surface area contributed by atoms with Gasteiger partial charge in [0, 0.05) is 37.7 Å². The molecule has 134 valence electrons. The number of amides is 1. The molecule has 0 aromatic carbocycles. The summed E-state index contributed by atoms with van der Waals surface area (Å²) in [4.78, 5) is 25.2. The SMILES string of the molecule is C[C@H](c1cnccn1)N(C)C[C@H]1CCCCN1C(=O)OC(C)(C)C. The van der Waals surface area contributed by atoms with Crippen molar-refractivity contribution >= 4 is 6.09 Å². The third kappa shape index (κ3) is 5.16. The molecule has 1 aliphatic heterocycles. The fourth-order valence-electron chi connectivity index (χ4n) is 2.99. The maximum absolute atomic E-state index is 12.5. The van der Waals surface area contributed by atoms with Crippen LogP contribution in [0.4, 0.5) is 4.79 Å². The Bertz CT molecular complexity index is 530. The average Bonchev–Trinajstić information content (AvgIpc) is 2.53. The molecule has 1 amide bonds. The van der Waals surface area contributed by atoms with Crippen LogP contribution in [-0.4, -0.2) is 57.6 Å². The highest BCUT2D eigenvalue weighted by Gasteiger charge is 2.31. The van der Waals surface area contributed by atoms with Gasteiger partial charge in [-0.25, -0.2) is 4.79 Å². The lowest BCUT2D eigenvalue weighted by molar-refractivity contribution is 0.00458. The lowest BCUT2D eigenvalue weighted by atomic mass is 10.0. The van der Waals surface area contributed by atoms with Gasteiger partial charge < -0.3 is 9.64 Å². The predicted octanol–water partition coefficient (Wildman–Crippen LogP) is 3.26. The summed E-state index contributed by atoms with van der Waals surface area (Å²) in [5.41, 5.74) is 0.484. The van der Waals surface area contributed by atoms with Crippen molar-refractivity contribution in [1.82, 2.24) is 19.8 Å². The van der Waals surface area contributed by atoms with Gasteiger partial charge in [0.15, 0.2) is 0 Å². The monoisotopic (exact) mass is 334 g/mol. The first-order valence-electron chi connectivity index (χ1n) is 8.73. The van der Waals surface area contributed by atoms with Crippen molar-refractivity contribution in [2.75, 3.05) is 20.1 Å². The fraction of sp³-hybridized carbons (Fsp3) is 0.722. The fourth-order valence-corrected chi connectivity index (χ4v) is 2.99. The Morgan fingerprint density at radius 3 is 2.79 bits per heavy atom. The molecule has 1 aromatic rings. The van der Waals surface area contributed by atoms with E-state index in [1.165, 1.54) is 0 Å². The van der Waals surface area contributed by atoms with Crippen molar-refractivity contribution in [1.29, 1.82) is 0 Å². The number of likely N-dealkylation sites (N-methyl/N-ethyl adjacent to an activating group) is 1. The lowest BCUT2D eigenvalue weighted by Gasteiger charge is -2.39. The number of ether oxygens (including phenoxy) is 1. The zero-order valence-corrected chi connectivity index (χ0v) is 15.5.